The number of benzene rings is 2. The first kappa shape index (κ1) is 21.0. The molecule has 2 aliphatic rings. The number of aromatic hydroxyl groups is 2. The molecule has 166 valence electrons. The smallest absolute Gasteiger partial charge is 0.229 e. The van der Waals surface area contributed by atoms with Gasteiger partial charge in [-0.25, -0.2) is 0 Å². The third kappa shape index (κ3) is 3.45. The average molecular weight is 497 g/mol. The van der Waals surface area contributed by atoms with Crippen LogP contribution in [0, 0.1) is 0 Å². The summed E-state index contributed by atoms with van der Waals surface area (Å²) in [6, 6.07) is 17.2. The lowest BCUT2D eigenvalue weighted by molar-refractivity contribution is 0.0699. The van der Waals surface area contributed by atoms with Crippen molar-refractivity contribution in [1.82, 2.24) is 9.88 Å². The van der Waals surface area contributed by atoms with E-state index < -0.39 is 11.6 Å². The quantitative estimate of drug-likeness (QED) is 0.451. The molecule has 0 fully saturated rings. The monoisotopic (exact) mass is 496 g/mol. The van der Waals surface area contributed by atoms with Crippen LogP contribution in [0.5, 0.6) is 11.8 Å². The van der Waals surface area contributed by atoms with Gasteiger partial charge in [0.05, 0.1) is 6.04 Å². The molecule has 1 aromatic heterocycles. The maximum absolute atomic E-state index is 11.5. The molecule has 0 saturated carbocycles. The number of aromatic nitrogens is 1. The van der Waals surface area contributed by atoms with Crippen LogP contribution in [0.15, 0.2) is 71.1 Å². The molecular formula is C25H25BrN2O4. The molecule has 2 atom stereocenters. The largest absolute Gasteiger partial charge is 0.494 e. The van der Waals surface area contributed by atoms with E-state index in [1.807, 2.05) is 68.4 Å². The molecule has 5 rings (SSSR count). The molecular weight excluding hydrogens is 472 g/mol. The van der Waals surface area contributed by atoms with Gasteiger partial charge in [-0.1, -0.05) is 58.4 Å². The number of nitrogens with zero attached hydrogens (tertiary/aromatic N) is 1. The van der Waals surface area contributed by atoms with E-state index in [1.165, 1.54) is 0 Å². The van der Waals surface area contributed by atoms with Crippen molar-refractivity contribution >= 4 is 15.9 Å². The molecule has 0 spiro atoms. The van der Waals surface area contributed by atoms with Gasteiger partial charge >= 0.3 is 0 Å². The molecule has 0 bridgehead atoms. The molecule has 0 saturated heterocycles. The standard InChI is InChI=1S/C25H25BrN2O4/c1-25(2)21-20(22(27-25)16-8-10-17(26)11-9-16)23(29)28(24(21)30)18(19-13-31-14-32-19)12-15-6-4-3-5-7-15/h3-11,13,18,22,27,29-30H,12,14H2,1-2H3. The summed E-state index contributed by atoms with van der Waals surface area (Å²) in [5, 5.41) is 26.5. The Balaban J connectivity index is 1.65. The summed E-state index contributed by atoms with van der Waals surface area (Å²) >= 11 is 3.48. The van der Waals surface area contributed by atoms with Gasteiger partial charge in [-0.05, 0) is 37.1 Å². The van der Waals surface area contributed by atoms with Crippen LogP contribution in [0.25, 0.3) is 0 Å². The predicted molar refractivity (Wildman–Crippen MR) is 124 cm³/mol. The molecule has 2 unspecified atom stereocenters. The van der Waals surface area contributed by atoms with Crippen LogP contribution in [0.1, 0.15) is 48.2 Å². The minimum Gasteiger partial charge on any atom is -0.494 e. The number of ether oxygens (including phenoxy) is 2. The first-order valence-electron chi connectivity index (χ1n) is 10.5. The van der Waals surface area contributed by atoms with Crippen LogP contribution in [-0.2, 0) is 21.4 Å². The molecule has 0 aliphatic carbocycles. The summed E-state index contributed by atoms with van der Waals surface area (Å²) in [7, 11) is 0. The van der Waals surface area contributed by atoms with Gasteiger partial charge in [0.15, 0.2) is 17.5 Å². The van der Waals surface area contributed by atoms with Crippen LogP contribution < -0.4 is 5.32 Å². The van der Waals surface area contributed by atoms with Gasteiger partial charge in [-0.15, -0.1) is 0 Å². The van der Waals surface area contributed by atoms with Gasteiger partial charge in [0.1, 0.15) is 12.3 Å². The Morgan fingerprint density at radius 2 is 1.81 bits per heavy atom. The molecule has 7 heteroatoms. The van der Waals surface area contributed by atoms with Gasteiger partial charge in [-0.2, -0.15) is 0 Å². The van der Waals surface area contributed by atoms with Crippen LogP contribution in [0.2, 0.25) is 0 Å². The maximum atomic E-state index is 11.5. The molecule has 2 aromatic carbocycles. The van der Waals surface area contributed by atoms with E-state index in [1.54, 1.807) is 10.8 Å². The Morgan fingerprint density at radius 3 is 2.47 bits per heavy atom. The topological polar surface area (TPSA) is 75.9 Å². The summed E-state index contributed by atoms with van der Waals surface area (Å²) < 4.78 is 13.6. The van der Waals surface area contributed by atoms with Crippen molar-refractivity contribution in [3.63, 3.8) is 0 Å². The Bertz CT molecular complexity index is 1170. The number of hydrogen-bond acceptors (Lipinski definition) is 5. The van der Waals surface area contributed by atoms with Crippen molar-refractivity contribution in [1.29, 1.82) is 0 Å². The molecule has 2 aliphatic heterocycles. The zero-order valence-corrected chi connectivity index (χ0v) is 19.5. The third-order valence-electron chi connectivity index (χ3n) is 6.22. The normalized spacial score (nSPS) is 19.7. The highest BCUT2D eigenvalue weighted by Gasteiger charge is 2.46. The van der Waals surface area contributed by atoms with E-state index in [2.05, 4.69) is 21.2 Å². The van der Waals surface area contributed by atoms with Gasteiger partial charge in [0, 0.05) is 27.6 Å². The maximum Gasteiger partial charge on any atom is 0.229 e. The van der Waals surface area contributed by atoms with Crippen LogP contribution in [0.3, 0.4) is 0 Å². The Labute approximate surface area is 195 Å². The van der Waals surface area contributed by atoms with E-state index in [0.29, 0.717) is 23.3 Å². The Kier molecular flexibility index (Phi) is 5.18. The molecule has 0 radical (unpaired) electrons. The Morgan fingerprint density at radius 1 is 1.09 bits per heavy atom. The van der Waals surface area contributed by atoms with Crippen molar-refractivity contribution in [2.75, 3.05) is 6.79 Å². The van der Waals surface area contributed by atoms with E-state index in [4.69, 9.17) is 9.47 Å². The number of halogens is 1. The highest BCUT2D eigenvalue weighted by molar-refractivity contribution is 9.10. The second-order valence-electron chi connectivity index (χ2n) is 8.71. The molecule has 0 amide bonds. The van der Waals surface area contributed by atoms with Gasteiger partial charge in [0.2, 0.25) is 6.79 Å². The number of rotatable bonds is 5. The van der Waals surface area contributed by atoms with Crippen LogP contribution >= 0.6 is 15.9 Å². The fourth-order valence-corrected chi connectivity index (χ4v) is 5.03. The molecule has 3 heterocycles. The first-order valence-corrected chi connectivity index (χ1v) is 11.3. The number of hydrogen-bond donors (Lipinski definition) is 3. The number of allylic oxidation sites excluding steroid dienone is 1. The number of fused-ring (bicyclic) bond motifs is 1. The summed E-state index contributed by atoms with van der Waals surface area (Å²) in [6.45, 7) is 4.14. The summed E-state index contributed by atoms with van der Waals surface area (Å²) in [4.78, 5) is 0. The van der Waals surface area contributed by atoms with Crippen molar-refractivity contribution in [3.05, 3.63) is 93.3 Å². The van der Waals surface area contributed by atoms with E-state index in [0.717, 1.165) is 15.6 Å². The van der Waals surface area contributed by atoms with Gasteiger partial charge < -0.3 is 19.7 Å². The first-order chi connectivity index (χ1) is 15.4. The lowest BCUT2D eigenvalue weighted by Crippen LogP contribution is -2.33. The van der Waals surface area contributed by atoms with Crippen molar-refractivity contribution < 1.29 is 19.7 Å². The Hall–Kier alpha value is -2.90. The fourth-order valence-electron chi connectivity index (χ4n) is 4.76. The molecule has 3 N–H and O–H groups in total. The minimum atomic E-state index is -0.543. The average Bonchev–Trinajstić information content (AvgIpc) is 3.46. The molecule has 32 heavy (non-hydrogen) atoms. The van der Waals surface area contributed by atoms with Crippen LogP contribution in [0.4, 0.5) is 0 Å². The minimum absolute atomic E-state index is 0.0285. The third-order valence-corrected chi connectivity index (χ3v) is 6.75. The predicted octanol–water partition coefficient (Wildman–Crippen LogP) is 5.22. The van der Waals surface area contributed by atoms with E-state index >= 15 is 0 Å². The second-order valence-corrected chi connectivity index (χ2v) is 9.63. The van der Waals surface area contributed by atoms with Crippen molar-refractivity contribution in [2.45, 2.75) is 37.9 Å². The fraction of sp³-hybridized carbons (Fsp3) is 0.280. The van der Waals surface area contributed by atoms with Crippen molar-refractivity contribution in [3.8, 4) is 11.8 Å². The van der Waals surface area contributed by atoms with Gasteiger partial charge in [0.25, 0.3) is 0 Å². The zero-order chi connectivity index (χ0) is 22.5. The summed E-state index contributed by atoms with van der Waals surface area (Å²) in [6.07, 6.45) is 2.09. The SMILES string of the molecule is CC1(C)NC(c2ccc(Br)cc2)c2c1c(O)n(C(Cc1ccccc1)C1=COCO1)c2O. The van der Waals surface area contributed by atoms with Crippen molar-refractivity contribution in [2.24, 2.45) is 0 Å². The zero-order valence-electron chi connectivity index (χ0n) is 17.9. The summed E-state index contributed by atoms with van der Waals surface area (Å²) in [5.74, 6) is 0.631. The van der Waals surface area contributed by atoms with Gasteiger partial charge in [-0.3, -0.25) is 9.88 Å². The molecule has 6 nitrogen and oxygen atoms in total. The highest BCUT2D eigenvalue weighted by atomic mass is 79.9. The summed E-state index contributed by atoms with van der Waals surface area (Å²) in [5.41, 5.74) is 2.90. The molecule has 3 aromatic rings. The highest BCUT2D eigenvalue weighted by Crippen LogP contribution is 2.53. The van der Waals surface area contributed by atoms with E-state index in [-0.39, 0.29) is 24.6 Å². The number of nitrogens with one attached hydrogen (secondary N) is 1. The van der Waals surface area contributed by atoms with Crippen LogP contribution in [-0.4, -0.2) is 21.6 Å². The second kappa shape index (κ2) is 7.90. The van der Waals surface area contributed by atoms with E-state index in [9.17, 15) is 10.2 Å². The lowest BCUT2D eigenvalue weighted by atomic mass is 9.96. The lowest BCUT2D eigenvalue weighted by Gasteiger charge is -2.26.